The molecule has 0 radical (unpaired) electrons. The molecule has 0 aromatic heterocycles. The van der Waals surface area contributed by atoms with Crippen LogP contribution in [0.15, 0.2) is 51.8 Å². The van der Waals surface area contributed by atoms with Gasteiger partial charge in [-0.05, 0) is 71.1 Å². The molecule has 1 saturated heterocycles. The molecule has 0 unspecified atom stereocenters. The minimum atomic E-state index is -3.52. The van der Waals surface area contributed by atoms with E-state index >= 15 is 0 Å². The highest BCUT2D eigenvalue weighted by molar-refractivity contribution is 9.10. The van der Waals surface area contributed by atoms with Gasteiger partial charge in [-0.2, -0.15) is 0 Å². The Morgan fingerprint density at radius 2 is 1.81 bits per heavy atom. The Balaban J connectivity index is 1.57. The molecule has 2 aromatic carbocycles. The second-order valence-corrected chi connectivity index (χ2v) is 9.71. The van der Waals surface area contributed by atoms with Crippen LogP contribution in [0.4, 0.5) is 0 Å². The van der Waals surface area contributed by atoms with E-state index < -0.39 is 10.0 Å². The van der Waals surface area contributed by atoms with Gasteiger partial charge in [0.15, 0.2) is 0 Å². The lowest BCUT2D eigenvalue weighted by molar-refractivity contribution is 0.200. The summed E-state index contributed by atoms with van der Waals surface area (Å²) in [6.07, 6.45) is 1.60. The first kappa shape index (κ1) is 19.8. The zero-order valence-electron chi connectivity index (χ0n) is 14.6. The highest BCUT2D eigenvalue weighted by Crippen LogP contribution is 2.24. The predicted octanol–water partition coefficient (Wildman–Crippen LogP) is 4.35. The fourth-order valence-electron chi connectivity index (χ4n) is 3.16. The van der Waals surface area contributed by atoms with Crippen LogP contribution in [0.3, 0.4) is 0 Å². The van der Waals surface area contributed by atoms with Gasteiger partial charge in [0.05, 0.1) is 4.90 Å². The summed E-state index contributed by atoms with van der Waals surface area (Å²) < 4.78 is 28.8. The topological polar surface area (TPSA) is 49.4 Å². The van der Waals surface area contributed by atoms with Gasteiger partial charge in [-0.1, -0.05) is 29.8 Å². The lowest BCUT2D eigenvalue weighted by Crippen LogP contribution is -2.44. The van der Waals surface area contributed by atoms with E-state index in [1.807, 2.05) is 43.3 Å². The number of rotatable bonds is 5. The molecular formula is C19H22BrClN2O2S. The zero-order chi connectivity index (χ0) is 18.7. The van der Waals surface area contributed by atoms with E-state index in [-0.39, 0.29) is 6.04 Å². The fourth-order valence-corrected chi connectivity index (χ4v) is 5.79. The summed E-state index contributed by atoms with van der Waals surface area (Å²) in [5.41, 5.74) is 2.24. The fraction of sp³-hybridized carbons (Fsp3) is 0.368. The third-order valence-electron chi connectivity index (χ3n) is 4.61. The summed E-state index contributed by atoms with van der Waals surface area (Å²) >= 11 is 9.29. The van der Waals surface area contributed by atoms with Crippen LogP contribution < -0.4 is 4.72 Å². The van der Waals surface area contributed by atoms with Crippen molar-refractivity contribution in [1.82, 2.24) is 9.62 Å². The average molecular weight is 458 g/mol. The van der Waals surface area contributed by atoms with Crippen LogP contribution in [0, 0.1) is 6.92 Å². The number of hydrogen-bond donors (Lipinski definition) is 1. The molecule has 4 nitrogen and oxygen atoms in total. The molecule has 1 N–H and O–H groups in total. The number of nitrogens with one attached hydrogen (secondary N) is 1. The Bertz CT molecular complexity index is 864. The SMILES string of the molecule is Cc1ccc(S(=O)(=O)NC2CCN(Cc3ccc(Cl)cc3)CC2)c(Br)c1. The summed E-state index contributed by atoms with van der Waals surface area (Å²) in [4.78, 5) is 2.64. The van der Waals surface area contributed by atoms with E-state index in [9.17, 15) is 8.42 Å². The van der Waals surface area contributed by atoms with Crippen LogP contribution in [0.2, 0.25) is 5.02 Å². The van der Waals surface area contributed by atoms with E-state index in [1.54, 1.807) is 6.07 Å². The predicted molar refractivity (Wildman–Crippen MR) is 109 cm³/mol. The molecule has 7 heteroatoms. The number of aryl methyl sites for hydroxylation is 1. The standard InChI is InChI=1S/C19H22BrClN2O2S/c1-14-2-7-19(18(20)12-14)26(24,25)22-17-8-10-23(11-9-17)13-15-3-5-16(21)6-4-15/h2-7,12,17,22H,8-11,13H2,1H3. The van der Waals surface area contributed by atoms with Crippen LogP contribution in [-0.4, -0.2) is 32.4 Å². The molecule has 0 atom stereocenters. The first-order valence-electron chi connectivity index (χ1n) is 8.59. The van der Waals surface area contributed by atoms with E-state index in [4.69, 9.17) is 11.6 Å². The monoisotopic (exact) mass is 456 g/mol. The maximum Gasteiger partial charge on any atom is 0.241 e. The van der Waals surface area contributed by atoms with Gasteiger partial charge in [-0.15, -0.1) is 0 Å². The molecule has 26 heavy (non-hydrogen) atoms. The van der Waals surface area contributed by atoms with Gasteiger partial charge in [-0.25, -0.2) is 13.1 Å². The molecule has 0 spiro atoms. The molecule has 0 saturated carbocycles. The number of nitrogens with zero attached hydrogens (tertiary/aromatic N) is 1. The number of likely N-dealkylation sites (tertiary alicyclic amines) is 1. The summed E-state index contributed by atoms with van der Waals surface area (Å²) in [7, 11) is -3.52. The Labute approximate surface area is 168 Å². The second kappa shape index (κ2) is 8.40. The Morgan fingerprint density at radius 3 is 2.42 bits per heavy atom. The van der Waals surface area contributed by atoms with Crippen molar-refractivity contribution in [2.24, 2.45) is 0 Å². The third kappa shape index (κ3) is 5.08. The maximum absolute atomic E-state index is 12.7. The van der Waals surface area contributed by atoms with Crippen molar-refractivity contribution >= 4 is 37.6 Å². The highest BCUT2D eigenvalue weighted by atomic mass is 79.9. The van der Waals surface area contributed by atoms with Gasteiger partial charge >= 0.3 is 0 Å². The number of sulfonamides is 1. The van der Waals surface area contributed by atoms with Crippen molar-refractivity contribution in [2.45, 2.75) is 37.2 Å². The van der Waals surface area contributed by atoms with E-state index in [2.05, 4.69) is 25.6 Å². The van der Waals surface area contributed by atoms with E-state index in [1.165, 1.54) is 5.56 Å². The van der Waals surface area contributed by atoms with Crippen LogP contribution in [-0.2, 0) is 16.6 Å². The lowest BCUT2D eigenvalue weighted by Gasteiger charge is -2.32. The largest absolute Gasteiger partial charge is 0.299 e. The first-order valence-corrected chi connectivity index (χ1v) is 11.2. The first-order chi connectivity index (χ1) is 12.3. The summed E-state index contributed by atoms with van der Waals surface area (Å²) in [6, 6.07) is 13.1. The smallest absolute Gasteiger partial charge is 0.241 e. The Morgan fingerprint density at radius 1 is 1.15 bits per heavy atom. The number of benzene rings is 2. The molecule has 2 aromatic rings. The average Bonchev–Trinajstić information content (AvgIpc) is 2.58. The maximum atomic E-state index is 12.7. The van der Waals surface area contributed by atoms with Gasteiger partial charge < -0.3 is 0 Å². The number of halogens is 2. The highest BCUT2D eigenvalue weighted by Gasteiger charge is 2.25. The van der Waals surface area contributed by atoms with Crippen LogP contribution in [0.1, 0.15) is 24.0 Å². The third-order valence-corrected chi connectivity index (χ3v) is 7.35. The van der Waals surface area contributed by atoms with Crippen molar-refractivity contribution in [3.05, 3.63) is 63.1 Å². The quantitative estimate of drug-likeness (QED) is 0.726. The summed E-state index contributed by atoms with van der Waals surface area (Å²) in [5.74, 6) is 0. The van der Waals surface area contributed by atoms with Gasteiger partial charge in [0.25, 0.3) is 0 Å². The van der Waals surface area contributed by atoms with E-state index in [0.717, 1.165) is 43.1 Å². The van der Waals surface area contributed by atoms with Crippen LogP contribution in [0.5, 0.6) is 0 Å². The van der Waals surface area contributed by atoms with Crippen molar-refractivity contribution in [2.75, 3.05) is 13.1 Å². The minimum absolute atomic E-state index is 0.0327. The lowest BCUT2D eigenvalue weighted by atomic mass is 10.1. The van der Waals surface area contributed by atoms with Crippen molar-refractivity contribution in [3.8, 4) is 0 Å². The van der Waals surface area contributed by atoms with Gasteiger partial charge in [0.2, 0.25) is 10.0 Å². The van der Waals surface area contributed by atoms with Crippen molar-refractivity contribution in [1.29, 1.82) is 0 Å². The van der Waals surface area contributed by atoms with Crippen LogP contribution in [0.25, 0.3) is 0 Å². The van der Waals surface area contributed by atoms with Crippen molar-refractivity contribution < 1.29 is 8.42 Å². The summed E-state index contributed by atoms with van der Waals surface area (Å²) in [6.45, 7) is 4.53. The van der Waals surface area contributed by atoms with Gasteiger partial charge in [-0.3, -0.25) is 4.90 Å². The second-order valence-electron chi connectivity index (χ2n) is 6.73. The Kier molecular flexibility index (Phi) is 6.41. The van der Waals surface area contributed by atoms with E-state index in [0.29, 0.717) is 9.37 Å². The number of hydrogen-bond acceptors (Lipinski definition) is 3. The molecule has 1 fully saturated rings. The van der Waals surface area contributed by atoms with Crippen LogP contribution >= 0.6 is 27.5 Å². The molecule has 1 aliphatic rings. The molecule has 3 rings (SSSR count). The molecule has 0 aliphatic carbocycles. The normalized spacial score (nSPS) is 16.7. The molecule has 0 bridgehead atoms. The zero-order valence-corrected chi connectivity index (χ0v) is 17.7. The molecule has 1 aliphatic heterocycles. The molecular weight excluding hydrogens is 436 g/mol. The number of piperidine rings is 1. The molecule has 140 valence electrons. The molecule has 1 heterocycles. The molecule has 0 amide bonds. The van der Waals surface area contributed by atoms with Gasteiger partial charge in [0, 0.05) is 35.2 Å². The van der Waals surface area contributed by atoms with Crippen molar-refractivity contribution in [3.63, 3.8) is 0 Å². The summed E-state index contributed by atoms with van der Waals surface area (Å²) in [5, 5.41) is 0.740. The minimum Gasteiger partial charge on any atom is -0.299 e. The van der Waals surface area contributed by atoms with Gasteiger partial charge in [0.1, 0.15) is 0 Å². The Hall–Kier alpha value is -0.920.